The van der Waals surface area contributed by atoms with Gasteiger partial charge in [0.25, 0.3) is 0 Å². The summed E-state index contributed by atoms with van der Waals surface area (Å²) in [6, 6.07) is 0. The second-order valence-corrected chi connectivity index (χ2v) is 4.94. The molecule has 0 aliphatic heterocycles. The lowest BCUT2D eigenvalue weighted by atomic mass is 10.0. The summed E-state index contributed by atoms with van der Waals surface area (Å²) in [6.07, 6.45) is 0. The van der Waals surface area contributed by atoms with E-state index in [4.69, 9.17) is 0 Å². The van der Waals surface area contributed by atoms with Gasteiger partial charge in [0.05, 0.1) is 0 Å². The van der Waals surface area contributed by atoms with Gasteiger partial charge in [-0.2, -0.15) is 0 Å². The zero-order valence-electron chi connectivity index (χ0n) is 8.90. The Morgan fingerprint density at radius 1 is 1.25 bits per heavy atom. The molecule has 0 atom stereocenters. The molecule has 70 valence electrons. The standard InChI is InChI=1S/C11H20S/c1-8(2)11(9(3)4)7-12-10(5)6/h8H,5,7H2,1-4,6H3. The molecule has 0 rings (SSSR count). The van der Waals surface area contributed by atoms with E-state index in [0.717, 1.165) is 5.75 Å². The van der Waals surface area contributed by atoms with Gasteiger partial charge in [0, 0.05) is 5.75 Å². The molecule has 0 radical (unpaired) electrons. The molecule has 0 aromatic heterocycles. The van der Waals surface area contributed by atoms with Crippen LogP contribution in [0.15, 0.2) is 22.6 Å². The van der Waals surface area contributed by atoms with Gasteiger partial charge in [-0.15, -0.1) is 11.8 Å². The maximum atomic E-state index is 3.89. The topological polar surface area (TPSA) is 0 Å². The molecular formula is C11H20S. The fourth-order valence-corrected chi connectivity index (χ4v) is 2.11. The summed E-state index contributed by atoms with van der Waals surface area (Å²) in [5.41, 5.74) is 3.02. The molecule has 0 spiro atoms. The van der Waals surface area contributed by atoms with Crippen molar-refractivity contribution >= 4 is 11.8 Å². The second kappa shape index (κ2) is 5.47. The Balaban J connectivity index is 4.18. The Morgan fingerprint density at radius 2 is 1.75 bits per heavy atom. The normalized spacial score (nSPS) is 10.2. The molecule has 0 saturated heterocycles. The van der Waals surface area contributed by atoms with E-state index >= 15 is 0 Å². The minimum absolute atomic E-state index is 0.668. The molecule has 0 unspecified atom stereocenters. The summed E-state index contributed by atoms with van der Waals surface area (Å²) >= 11 is 1.84. The van der Waals surface area contributed by atoms with E-state index < -0.39 is 0 Å². The maximum Gasteiger partial charge on any atom is 0.0192 e. The van der Waals surface area contributed by atoms with Crippen molar-refractivity contribution in [2.24, 2.45) is 5.92 Å². The Morgan fingerprint density at radius 3 is 2.00 bits per heavy atom. The summed E-state index contributed by atoms with van der Waals surface area (Å²) in [6.45, 7) is 14.8. The van der Waals surface area contributed by atoms with Gasteiger partial charge in [0.15, 0.2) is 0 Å². The lowest BCUT2D eigenvalue weighted by Gasteiger charge is -2.13. The highest BCUT2D eigenvalue weighted by molar-refractivity contribution is 8.03. The minimum atomic E-state index is 0.668. The minimum Gasteiger partial charge on any atom is -0.127 e. The zero-order valence-corrected chi connectivity index (χ0v) is 9.72. The van der Waals surface area contributed by atoms with Crippen molar-refractivity contribution in [2.45, 2.75) is 34.6 Å². The van der Waals surface area contributed by atoms with Crippen molar-refractivity contribution in [3.63, 3.8) is 0 Å². The van der Waals surface area contributed by atoms with Crippen LogP contribution in [-0.2, 0) is 0 Å². The van der Waals surface area contributed by atoms with Crippen LogP contribution >= 0.6 is 11.8 Å². The third-order valence-electron chi connectivity index (χ3n) is 1.81. The molecule has 0 fully saturated rings. The fourth-order valence-electron chi connectivity index (χ4n) is 1.09. The highest BCUT2D eigenvalue weighted by Gasteiger charge is 2.04. The molecule has 0 heterocycles. The first-order valence-corrected chi connectivity index (χ1v) is 5.38. The number of rotatable bonds is 4. The average molecular weight is 184 g/mol. The van der Waals surface area contributed by atoms with Crippen molar-refractivity contribution in [1.29, 1.82) is 0 Å². The quantitative estimate of drug-likeness (QED) is 0.589. The molecule has 0 aromatic carbocycles. The number of thioether (sulfide) groups is 1. The van der Waals surface area contributed by atoms with Crippen molar-refractivity contribution in [2.75, 3.05) is 5.75 Å². The van der Waals surface area contributed by atoms with Gasteiger partial charge in [0.2, 0.25) is 0 Å². The molecule has 0 saturated carbocycles. The predicted octanol–water partition coefficient (Wildman–Crippen LogP) is 4.25. The summed E-state index contributed by atoms with van der Waals surface area (Å²) in [5, 5.41) is 0. The smallest absolute Gasteiger partial charge is 0.0192 e. The zero-order chi connectivity index (χ0) is 9.72. The maximum absolute atomic E-state index is 3.89. The van der Waals surface area contributed by atoms with Crippen molar-refractivity contribution in [3.8, 4) is 0 Å². The Labute approximate surface area is 81.1 Å². The monoisotopic (exact) mass is 184 g/mol. The molecule has 0 aliphatic carbocycles. The summed E-state index contributed by atoms with van der Waals surface area (Å²) in [4.78, 5) is 1.20. The van der Waals surface area contributed by atoms with Gasteiger partial charge in [-0.3, -0.25) is 0 Å². The van der Waals surface area contributed by atoms with E-state index in [0.29, 0.717) is 5.92 Å². The molecule has 12 heavy (non-hydrogen) atoms. The first-order valence-electron chi connectivity index (χ1n) is 4.39. The van der Waals surface area contributed by atoms with Crippen LogP contribution in [0.1, 0.15) is 34.6 Å². The van der Waals surface area contributed by atoms with E-state index in [9.17, 15) is 0 Å². The fraction of sp³-hybridized carbons (Fsp3) is 0.636. The van der Waals surface area contributed by atoms with Crippen LogP contribution in [0.3, 0.4) is 0 Å². The molecular weight excluding hydrogens is 164 g/mol. The Kier molecular flexibility index (Phi) is 5.39. The van der Waals surface area contributed by atoms with E-state index in [1.54, 1.807) is 5.57 Å². The first kappa shape index (κ1) is 11.8. The molecule has 0 aliphatic rings. The molecule has 0 aromatic rings. The second-order valence-electron chi connectivity index (χ2n) is 3.67. The highest BCUT2D eigenvalue weighted by Crippen LogP contribution is 2.23. The van der Waals surface area contributed by atoms with Crippen LogP contribution in [-0.4, -0.2) is 5.75 Å². The van der Waals surface area contributed by atoms with Crippen LogP contribution in [0.5, 0.6) is 0 Å². The molecule has 1 heteroatoms. The van der Waals surface area contributed by atoms with Crippen LogP contribution in [0.2, 0.25) is 0 Å². The van der Waals surface area contributed by atoms with Gasteiger partial charge in [0.1, 0.15) is 0 Å². The van der Waals surface area contributed by atoms with Crippen LogP contribution in [0.4, 0.5) is 0 Å². The SMILES string of the molecule is C=C(C)SCC(=C(C)C)C(C)C. The predicted molar refractivity (Wildman–Crippen MR) is 60.5 cm³/mol. The lowest BCUT2D eigenvalue weighted by Crippen LogP contribution is -1.99. The largest absolute Gasteiger partial charge is 0.127 e. The summed E-state index contributed by atoms with van der Waals surface area (Å²) in [7, 11) is 0. The van der Waals surface area contributed by atoms with Gasteiger partial charge in [-0.25, -0.2) is 0 Å². The number of hydrogen-bond donors (Lipinski definition) is 0. The first-order chi connectivity index (χ1) is 5.45. The molecule has 0 amide bonds. The summed E-state index contributed by atoms with van der Waals surface area (Å²) < 4.78 is 0. The van der Waals surface area contributed by atoms with Crippen molar-refractivity contribution < 1.29 is 0 Å². The van der Waals surface area contributed by atoms with Crippen LogP contribution < -0.4 is 0 Å². The van der Waals surface area contributed by atoms with Crippen LogP contribution in [0.25, 0.3) is 0 Å². The van der Waals surface area contributed by atoms with Gasteiger partial charge in [-0.1, -0.05) is 31.6 Å². The third-order valence-corrected chi connectivity index (χ3v) is 2.76. The molecule has 0 N–H and O–H groups in total. The van der Waals surface area contributed by atoms with Crippen molar-refractivity contribution in [1.82, 2.24) is 0 Å². The van der Waals surface area contributed by atoms with E-state index in [2.05, 4.69) is 41.2 Å². The highest BCUT2D eigenvalue weighted by atomic mass is 32.2. The Hall–Kier alpha value is -0.170. The number of hydrogen-bond acceptors (Lipinski definition) is 1. The van der Waals surface area contributed by atoms with Gasteiger partial charge >= 0.3 is 0 Å². The Bertz CT molecular complexity index is 183. The van der Waals surface area contributed by atoms with E-state index in [1.165, 1.54) is 10.5 Å². The van der Waals surface area contributed by atoms with Crippen LogP contribution in [0, 0.1) is 5.92 Å². The number of allylic oxidation sites excluding steroid dienone is 2. The van der Waals surface area contributed by atoms with Gasteiger partial charge < -0.3 is 0 Å². The van der Waals surface area contributed by atoms with E-state index in [1.807, 2.05) is 11.8 Å². The van der Waals surface area contributed by atoms with Gasteiger partial charge in [-0.05, 0) is 31.6 Å². The van der Waals surface area contributed by atoms with Crippen molar-refractivity contribution in [3.05, 3.63) is 22.6 Å². The van der Waals surface area contributed by atoms with E-state index in [-0.39, 0.29) is 0 Å². The summed E-state index contributed by atoms with van der Waals surface area (Å²) in [5.74, 6) is 1.77. The molecule has 0 bridgehead atoms. The average Bonchev–Trinajstić information content (AvgIpc) is 1.84. The third kappa shape index (κ3) is 4.66. The molecule has 0 nitrogen and oxygen atoms in total. The lowest BCUT2D eigenvalue weighted by molar-refractivity contribution is 0.760.